The Labute approximate surface area is 116 Å². The van der Waals surface area contributed by atoms with Crippen LogP contribution in [0.3, 0.4) is 0 Å². The molecule has 0 amide bonds. The molecule has 0 spiro atoms. The summed E-state index contributed by atoms with van der Waals surface area (Å²) in [4.78, 5) is 0.362. The van der Waals surface area contributed by atoms with Gasteiger partial charge in [-0.1, -0.05) is 26.0 Å². The van der Waals surface area contributed by atoms with Crippen molar-refractivity contribution in [2.75, 3.05) is 19.3 Å². The molecule has 0 fully saturated rings. The molecule has 1 aromatic rings. The van der Waals surface area contributed by atoms with Crippen LogP contribution in [0.5, 0.6) is 0 Å². The first-order chi connectivity index (χ1) is 8.81. The number of rotatable bonds is 6. The first kappa shape index (κ1) is 16.1. The standard InChI is InChI=1S/C14H24N2O2S/c1-10(11(2)13(8-15)9-16)12-5-4-6-14(7-12)19(3,17)18/h4-7,10-11,13H,8-9,15-16H2,1-3H3. The van der Waals surface area contributed by atoms with Gasteiger partial charge in [-0.25, -0.2) is 8.42 Å². The van der Waals surface area contributed by atoms with Crippen LogP contribution in [0.1, 0.15) is 25.3 Å². The second-order valence-electron chi connectivity index (χ2n) is 5.22. The smallest absolute Gasteiger partial charge is 0.175 e. The Morgan fingerprint density at radius 3 is 2.21 bits per heavy atom. The van der Waals surface area contributed by atoms with Crippen LogP contribution in [0.2, 0.25) is 0 Å². The van der Waals surface area contributed by atoms with Gasteiger partial charge in [0.1, 0.15) is 0 Å². The number of hydrogen-bond acceptors (Lipinski definition) is 4. The van der Waals surface area contributed by atoms with E-state index in [9.17, 15) is 8.42 Å². The molecule has 0 aliphatic carbocycles. The van der Waals surface area contributed by atoms with Crippen molar-refractivity contribution < 1.29 is 8.42 Å². The molecule has 0 saturated heterocycles. The molecule has 0 radical (unpaired) electrons. The van der Waals surface area contributed by atoms with E-state index >= 15 is 0 Å². The average molecular weight is 284 g/mol. The molecule has 0 aliphatic rings. The van der Waals surface area contributed by atoms with Crippen molar-refractivity contribution >= 4 is 9.84 Å². The minimum Gasteiger partial charge on any atom is -0.330 e. The van der Waals surface area contributed by atoms with Crippen LogP contribution in [-0.4, -0.2) is 27.8 Å². The topological polar surface area (TPSA) is 86.2 Å². The number of nitrogens with two attached hydrogens (primary N) is 2. The van der Waals surface area contributed by atoms with Crippen LogP contribution in [-0.2, 0) is 9.84 Å². The third-order valence-electron chi connectivity index (χ3n) is 3.95. The maximum atomic E-state index is 11.6. The molecule has 4 nitrogen and oxygen atoms in total. The van der Waals surface area contributed by atoms with E-state index in [0.717, 1.165) is 5.56 Å². The van der Waals surface area contributed by atoms with Crippen LogP contribution in [0, 0.1) is 11.8 Å². The van der Waals surface area contributed by atoms with E-state index in [1.165, 1.54) is 6.26 Å². The van der Waals surface area contributed by atoms with E-state index in [1.807, 2.05) is 6.07 Å². The van der Waals surface area contributed by atoms with Gasteiger partial charge in [0.05, 0.1) is 4.90 Å². The van der Waals surface area contributed by atoms with Gasteiger partial charge in [-0.3, -0.25) is 0 Å². The van der Waals surface area contributed by atoms with Crippen molar-refractivity contribution in [3.63, 3.8) is 0 Å². The summed E-state index contributed by atoms with van der Waals surface area (Å²) in [5.41, 5.74) is 12.5. The molecule has 2 atom stereocenters. The fourth-order valence-corrected chi connectivity index (χ4v) is 2.94. The minimum atomic E-state index is -3.17. The van der Waals surface area contributed by atoms with E-state index in [2.05, 4.69) is 13.8 Å². The molecule has 0 aromatic heterocycles. The zero-order chi connectivity index (χ0) is 14.6. The van der Waals surface area contributed by atoms with Crippen molar-refractivity contribution in [3.8, 4) is 0 Å². The van der Waals surface area contributed by atoms with Crippen molar-refractivity contribution in [2.24, 2.45) is 23.3 Å². The van der Waals surface area contributed by atoms with Crippen LogP contribution in [0.25, 0.3) is 0 Å². The summed E-state index contributed by atoms with van der Waals surface area (Å²) in [7, 11) is -3.17. The second kappa shape index (κ2) is 6.50. The summed E-state index contributed by atoms with van der Waals surface area (Å²) in [5, 5.41) is 0. The minimum absolute atomic E-state index is 0.221. The van der Waals surface area contributed by atoms with Crippen LogP contribution >= 0.6 is 0 Å². The van der Waals surface area contributed by atoms with Crippen LogP contribution in [0.4, 0.5) is 0 Å². The Bertz CT molecular complexity index is 510. The van der Waals surface area contributed by atoms with Gasteiger partial charge in [0.2, 0.25) is 0 Å². The van der Waals surface area contributed by atoms with E-state index in [4.69, 9.17) is 11.5 Å². The molecule has 108 valence electrons. The average Bonchev–Trinajstić information content (AvgIpc) is 2.38. The molecule has 1 rings (SSSR count). The van der Waals surface area contributed by atoms with Crippen molar-refractivity contribution in [1.29, 1.82) is 0 Å². The largest absolute Gasteiger partial charge is 0.330 e. The number of hydrogen-bond donors (Lipinski definition) is 2. The second-order valence-corrected chi connectivity index (χ2v) is 7.24. The lowest BCUT2D eigenvalue weighted by Gasteiger charge is -2.27. The maximum Gasteiger partial charge on any atom is 0.175 e. The van der Waals surface area contributed by atoms with Gasteiger partial charge in [0.15, 0.2) is 9.84 Å². The van der Waals surface area contributed by atoms with Crippen molar-refractivity contribution in [3.05, 3.63) is 29.8 Å². The van der Waals surface area contributed by atoms with Gasteiger partial charge in [-0.2, -0.15) is 0 Å². The Kier molecular flexibility index (Phi) is 5.52. The molecule has 0 saturated carbocycles. The summed E-state index contributed by atoms with van der Waals surface area (Å²) >= 11 is 0. The molecule has 5 heteroatoms. The van der Waals surface area contributed by atoms with Gasteiger partial charge < -0.3 is 11.5 Å². The zero-order valence-electron chi connectivity index (χ0n) is 11.8. The van der Waals surface area contributed by atoms with Crippen molar-refractivity contribution in [2.45, 2.75) is 24.7 Å². The lowest BCUT2D eigenvalue weighted by atomic mass is 9.80. The highest BCUT2D eigenvalue weighted by molar-refractivity contribution is 7.90. The quantitative estimate of drug-likeness (QED) is 0.826. The molecule has 4 N–H and O–H groups in total. The fraction of sp³-hybridized carbons (Fsp3) is 0.571. The summed E-state index contributed by atoms with van der Waals surface area (Å²) < 4.78 is 23.2. The summed E-state index contributed by atoms with van der Waals surface area (Å²) in [6.45, 7) is 5.30. The fourth-order valence-electron chi connectivity index (χ4n) is 2.27. The molecule has 0 heterocycles. The highest BCUT2D eigenvalue weighted by Crippen LogP contribution is 2.30. The number of sulfone groups is 1. The predicted molar refractivity (Wildman–Crippen MR) is 78.7 cm³/mol. The molecule has 0 aliphatic heterocycles. The maximum absolute atomic E-state index is 11.6. The monoisotopic (exact) mass is 284 g/mol. The van der Waals surface area contributed by atoms with Gasteiger partial charge >= 0.3 is 0 Å². The molecule has 0 bridgehead atoms. The molecule has 2 unspecified atom stereocenters. The third-order valence-corrected chi connectivity index (χ3v) is 5.06. The van der Waals surface area contributed by atoms with Crippen LogP contribution < -0.4 is 11.5 Å². The van der Waals surface area contributed by atoms with E-state index in [-0.39, 0.29) is 11.8 Å². The SMILES string of the molecule is CC(c1cccc(S(C)(=O)=O)c1)C(C)C(CN)CN. The number of benzene rings is 1. The Balaban J connectivity index is 3.03. The lowest BCUT2D eigenvalue weighted by Crippen LogP contribution is -2.31. The molecular formula is C14H24N2O2S. The van der Waals surface area contributed by atoms with Gasteiger partial charge in [-0.05, 0) is 48.5 Å². The van der Waals surface area contributed by atoms with Gasteiger partial charge in [0.25, 0.3) is 0 Å². The highest BCUT2D eigenvalue weighted by atomic mass is 32.2. The summed E-state index contributed by atoms with van der Waals surface area (Å²) in [6.07, 6.45) is 1.22. The first-order valence-corrected chi connectivity index (χ1v) is 8.40. The lowest BCUT2D eigenvalue weighted by molar-refractivity contribution is 0.328. The van der Waals surface area contributed by atoms with E-state index < -0.39 is 9.84 Å². The van der Waals surface area contributed by atoms with E-state index in [1.54, 1.807) is 18.2 Å². The van der Waals surface area contributed by atoms with Gasteiger partial charge in [0, 0.05) is 6.26 Å². The van der Waals surface area contributed by atoms with Gasteiger partial charge in [-0.15, -0.1) is 0 Å². The Hall–Kier alpha value is -0.910. The van der Waals surface area contributed by atoms with E-state index in [0.29, 0.717) is 23.9 Å². The normalized spacial score (nSPS) is 15.5. The molecule has 19 heavy (non-hydrogen) atoms. The third kappa shape index (κ3) is 4.03. The van der Waals surface area contributed by atoms with Crippen molar-refractivity contribution in [1.82, 2.24) is 0 Å². The summed E-state index contributed by atoms with van der Waals surface area (Å²) in [6, 6.07) is 7.12. The zero-order valence-corrected chi connectivity index (χ0v) is 12.7. The molecular weight excluding hydrogens is 260 g/mol. The molecule has 1 aromatic carbocycles. The Morgan fingerprint density at radius 2 is 1.74 bits per heavy atom. The summed E-state index contributed by atoms with van der Waals surface area (Å²) in [5.74, 6) is 0.778. The highest BCUT2D eigenvalue weighted by Gasteiger charge is 2.22. The van der Waals surface area contributed by atoms with Crippen LogP contribution in [0.15, 0.2) is 29.2 Å². The first-order valence-electron chi connectivity index (χ1n) is 6.51. The predicted octanol–water partition coefficient (Wildman–Crippen LogP) is 1.36. The Morgan fingerprint density at radius 1 is 1.16 bits per heavy atom.